The van der Waals surface area contributed by atoms with E-state index < -0.39 is 0 Å². The molecule has 2 aromatic rings. The largest absolute Gasteiger partial charge is 0.497 e. The number of ether oxygens (including phenoxy) is 3. The first-order chi connectivity index (χ1) is 16.0. The van der Waals surface area contributed by atoms with Crippen LogP contribution in [0.25, 0.3) is 0 Å². The number of hydrogen-bond acceptors (Lipinski definition) is 5. The van der Waals surface area contributed by atoms with Crippen molar-refractivity contribution in [1.29, 1.82) is 0 Å². The van der Waals surface area contributed by atoms with Crippen molar-refractivity contribution < 1.29 is 28.2 Å². The molecule has 1 aliphatic carbocycles. The fraction of sp³-hybridized carbons (Fsp3) is 0.440. The first-order valence-electron chi connectivity index (χ1n) is 11.3. The van der Waals surface area contributed by atoms with Crippen LogP contribution in [0.1, 0.15) is 36.0 Å². The number of nitrogens with zero attached hydrogens (tertiary/aromatic N) is 2. The Hall–Kier alpha value is -3.29. The van der Waals surface area contributed by atoms with Crippen LogP contribution in [0.15, 0.2) is 42.5 Å². The number of piperazine rings is 1. The molecule has 0 atom stereocenters. The average molecular weight is 457 g/mol. The molecular weight excluding hydrogens is 427 g/mol. The molecule has 33 heavy (non-hydrogen) atoms. The molecule has 2 aromatic carbocycles. The number of methoxy groups -OCH3 is 1. The highest BCUT2D eigenvalue weighted by atomic mass is 19.1. The number of benzene rings is 2. The number of halogens is 1. The van der Waals surface area contributed by atoms with Crippen molar-refractivity contribution in [2.75, 3.05) is 39.9 Å². The van der Waals surface area contributed by atoms with Crippen LogP contribution in [-0.4, -0.2) is 67.6 Å². The molecular formula is C25H29FN2O5. The van der Waals surface area contributed by atoms with Gasteiger partial charge in [-0.25, -0.2) is 4.39 Å². The third-order valence-electron chi connectivity index (χ3n) is 6.11. The van der Waals surface area contributed by atoms with Gasteiger partial charge in [0.05, 0.1) is 18.8 Å². The molecule has 1 heterocycles. The summed E-state index contributed by atoms with van der Waals surface area (Å²) in [6, 6.07) is 10.8. The van der Waals surface area contributed by atoms with Crippen molar-refractivity contribution >= 4 is 11.8 Å². The Balaban J connectivity index is 1.34. The number of amides is 2. The van der Waals surface area contributed by atoms with Crippen LogP contribution < -0.4 is 14.2 Å². The molecule has 0 spiro atoms. The van der Waals surface area contributed by atoms with Crippen LogP contribution in [0.5, 0.6) is 17.2 Å². The van der Waals surface area contributed by atoms with Crippen LogP contribution in [0.4, 0.5) is 4.39 Å². The van der Waals surface area contributed by atoms with E-state index in [0.29, 0.717) is 49.0 Å². The van der Waals surface area contributed by atoms with E-state index >= 15 is 0 Å². The van der Waals surface area contributed by atoms with Gasteiger partial charge in [0.2, 0.25) is 0 Å². The van der Waals surface area contributed by atoms with Gasteiger partial charge in [0.25, 0.3) is 11.8 Å². The average Bonchev–Trinajstić information content (AvgIpc) is 3.36. The molecule has 0 N–H and O–H groups in total. The van der Waals surface area contributed by atoms with Gasteiger partial charge in [0.1, 0.15) is 23.1 Å². The second-order valence-corrected chi connectivity index (χ2v) is 8.30. The lowest BCUT2D eigenvalue weighted by molar-refractivity contribution is -0.134. The van der Waals surface area contributed by atoms with E-state index in [4.69, 9.17) is 14.2 Å². The normalized spacial score (nSPS) is 16.5. The topological polar surface area (TPSA) is 68.3 Å². The Morgan fingerprint density at radius 2 is 1.58 bits per heavy atom. The van der Waals surface area contributed by atoms with E-state index in [1.165, 1.54) is 24.3 Å². The number of rotatable bonds is 7. The van der Waals surface area contributed by atoms with E-state index in [1.807, 2.05) is 0 Å². The van der Waals surface area contributed by atoms with Crippen LogP contribution in [-0.2, 0) is 4.79 Å². The second-order valence-electron chi connectivity index (χ2n) is 8.30. The maximum absolute atomic E-state index is 13.3. The van der Waals surface area contributed by atoms with Crippen molar-refractivity contribution in [2.45, 2.75) is 31.8 Å². The zero-order valence-electron chi connectivity index (χ0n) is 18.8. The zero-order valence-corrected chi connectivity index (χ0v) is 18.8. The van der Waals surface area contributed by atoms with Crippen LogP contribution in [0.2, 0.25) is 0 Å². The number of carbonyl (C=O) groups is 2. The maximum Gasteiger partial charge on any atom is 0.260 e. The van der Waals surface area contributed by atoms with Gasteiger partial charge >= 0.3 is 0 Å². The van der Waals surface area contributed by atoms with Crippen LogP contribution in [0, 0.1) is 5.82 Å². The van der Waals surface area contributed by atoms with Gasteiger partial charge in [0.15, 0.2) is 6.61 Å². The van der Waals surface area contributed by atoms with Gasteiger partial charge in [0, 0.05) is 32.2 Å². The summed E-state index contributed by atoms with van der Waals surface area (Å²) in [7, 11) is 1.59. The summed E-state index contributed by atoms with van der Waals surface area (Å²) >= 11 is 0. The highest BCUT2D eigenvalue weighted by molar-refractivity contribution is 5.97. The van der Waals surface area contributed by atoms with Gasteiger partial charge in [-0.15, -0.1) is 0 Å². The minimum atomic E-state index is -0.358. The number of carbonyl (C=O) groups excluding carboxylic acids is 2. The predicted molar refractivity (Wildman–Crippen MR) is 120 cm³/mol. The van der Waals surface area contributed by atoms with Gasteiger partial charge in [-0.2, -0.15) is 0 Å². The fourth-order valence-corrected chi connectivity index (χ4v) is 4.19. The first-order valence-corrected chi connectivity index (χ1v) is 11.3. The zero-order chi connectivity index (χ0) is 23.2. The molecule has 2 aliphatic rings. The van der Waals surface area contributed by atoms with Gasteiger partial charge in [-0.1, -0.05) is 0 Å². The Labute approximate surface area is 193 Å². The van der Waals surface area contributed by atoms with E-state index in [0.717, 1.165) is 25.7 Å². The molecule has 2 fully saturated rings. The summed E-state index contributed by atoms with van der Waals surface area (Å²) in [5, 5.41) is 0. The second kappa shape index (κ2) is 10.6. The smallest absolute Gasteiger partial charge is 0.260 e. The van der Waals surface area contributed by atoms with E-state index in [1.54, 1.807) is 35.1 Å². The highest BCUT2D eigenvalue weighted by Gasteiger charge is 2.28. The van der Waals surface area contributed by atoms with Crippen molar-refractivity contribution in [2.24, 2.45) is 0 Å². The summed E-state index contributed by atoms with van der Waals surface area (Å²) in [5.41, 5.74) is 0.516. The first kappa shape index (κ1) is 22.9. The summed E-state index contributed by atoms with van der Waals surface area (Å²) in [4.78, 5) is 29.2. The van der Waals surface area contributed by atoms with Crippen LogP contribution in [0.3, 0.4) is 0 Å². The highest BCUT2D eigenvalue weighted by Crippen LogP contribution is 2.31. The van der Waals surface area contributed by atoms with Gasteiger partial charge in [-0.05, 0) is 62.1 Å². The Kier molecular flexibility index (Phi) is 7.32. The Bertz CT molecular complexity index is 967. The SMILES string of the molecule is COc1ccc(C(=O)N2CCN(C(=O)COc3ccc(F)cc3)CC2)c(OC2CCCC2)c1. The van der Waals surface area contributed by atoms with Crippen molar-refractivity contribution in [1.82, 2.24) is 9.80 Å². The molecule has 0 radical (unpaired) electrons. The van der Waals surface area contributed by atoms with Gasteiger partial charge in [-0.3, -0.25) is 9.59 Å². The number of hydrogen-bond donors (Lipinski definition) is 0. The fourth-order valence-electron chi connectivity index (χ4n) is 4.19. The van der Waals surface area contributed by atoms with Crippen molar-refractivity contribution in [3.05, 3.63) is 53.8 Å². The van der Waals surface area contributed by atoms with Gasteiger partial charge < -0.3 is 24.0 Å². The van der Waals surface area contributed by atoms with Crippen molar-refractivity contribution in [3.8, 4) is 17.2 Å². The van der Waals surface area contributed by atoms with E-state index in [-0.39, 0.29) is 30.3 Å². The lowest BCUT2D eigenvalue weighted by atomic mass is 10.1. The summed E-state index contributed by atoms with van der Waals surface area (Å²) in [6.45, 7) is 1.57. The van der Waals surface area contributed by atoms with Crippen molar-refractivity contribution in [3.63, 3.8) is 0 Å². The third kappa shape index (κ3) is 5.74. The molecule has 4 rings (SSSR count). The lowest BCUT2D eigenvalue weighted by Crippen LogP contribution is -2.51. The lowest BCUT2D eigenvalue weighted by Gasteiger charge is -2.35. The molecule has 0 unspecified atom stereocenters. The summed E-state index contributed by atoms with van der Waals surface area (Å²) in [6.07, 6.45) is 4.38. The quantitative estimate of drug-likeness (QED) is 0.638. The van der Waals surface area contributed by atoms with E-state index in [2.05, 4.69) is 0 Å². The molecule has 1 saturated heterocycles. The minimum absolute atomic E-state index is 0.111. The van der Waals surface area contributed by atoms with E-state index in [9.17, 15) is 14.0 Å². The molecule has 0 aromatic heterocycles. The molecule has 2 amide bonds. The molecule has 1 aliphatic heterocycles. The standard InChI is InChI=1S/C25H29FN2O5/c1-31-21-10-11-22(23(16-21)33-20-4-2-3-5-20)25(30)28-14-12-27(13-15-28)24(29)17-32-19-8-6-18(26)7-9-19/h6-11,16,20H,2-5,12-15,17H2,1H3. The van der Waals surface area contributed by atoms with Crippen LogP contribution >= 0.6 is 0 Å². The monoisotopic (exact) mass is 456 g/mol. The molecule has 1 saturated carbocycles. The summed E-state index contributed by atoms with van der Waals surface area (Å²) in [5.74, 6) is 1.01. The third-order valence-corrected chi connectivity index (χ3v) is 6.11. The minimum Gasteiger partial charge on any atom is -0.497 e. The molecule has 7 nitrogen and oxygen atoms in total. The molecule has 0 bridgehead atoms. The molecule has 176 valence electrons. The maximum atomic E-state index is 13.3. The predicted octanol–water partition coefficient (Wildman–Crippen LogP) is 3.52. The Morgan fingerprint density at radius 3 is 2.24 bits per heavy atom. The molecule has 8 heteroatoms. The Morgan fingerprint density at radius 1 is 0.939 bits per heavy atom. The summed E-state index contributed by atoms with van der Waals surface area (Å²) < 4.78 is 29.9.